The van der Waals surface area contributed by atoms with E-state index >= 15 is 0 Å². The van der Waals surface area contributed by atoms with Crippen LogP contribution in [0.2, 0.25) is 0 Å². The number of benzene rings is 1. The number of rotatable bonds is 1. The zero-order valence-electron chi connectivity index (χ0n) is 9.85. The molecule has 2 aliphatic rings. The number of hydrogen-bond acceptors (Lipinski definition) is 4. The number of Topliss-reactive ketones (excluding diaryl/α,β-unsaturated/α-hetero) is 1. The summed E-state index contributed by atoms with van der Waals surface area (Å²) in [6.45, 7) is 1.59. The van der Waals surface area contributed by atoms with Crippen LogP contribution in [0.1, 0.15) is 23.2 Å². The second kappa shape index (κ2) is 4.10. The van der Waals surface area contributed by atoms with Gasteiger partial charge in [0.1, 0.15) is 0 Å². The van der Waals surface area contributed by atoms with Crippen LogP contribution in [0.25, 0.3) is 0 Å². The summed E-state index contributed by atoms with van der Waals surface area (Å²) in [4.78, 5) is 24.9. The van der Waals surface area contributed by atoms with E-state index in [1.165, 1.54) is 0 Å². The number of nitrogens with zero attached hydrogens (tertiary/aromatic N) is 1. The molecule has 0 radical (unpaired) electrons. The first-order valence-electron chi connectivity index (χ1n) is 6.08. The van der Waals surface area contributed by atoms with Gasteiger partial charge in [-0.05, 0) is 31.0 Å². The van der Waals surface area contributed by atoms with Crippen molar-refractivity contribution in [3.05, 3.63) is 23.8 Å². The predicted octanol–water partition coefficient (Wildman–Crippen LogP) is 0.782. The quantitative estimate of drug-likeness (QED) is 0.718. The van der Waals surface area contributed by atoms with Crippen LogP contribution in [0, 0.1) is 0 Å². The molecule has 1 saturated heterocycles. The van der Waals surface area contributed by atoms with Gasteiger partial charge in [0.05, 0.1) is 17.4 Å². The van der Waals surface area contributed by atoms with Gasteiger partial charge in [0.15, 0.2) is 0 Å². The summed E-state index contributed by atoms with van der Waals surface area (Å²) in [5.74, 6) is -1.03. The minimum atomic E-state index is -0.559. The van der Waals surface area contributed by atoms with E-state index in [1.807, 2.05) is 12.1 Å². The summed E-state index contributed by atoms with van der Waals surface area (Å²) in [5.41, 5.74) is 2.02. The fraction of sp³-hybridized carbons (Fsp3) is 0.385. The van der Waals surface area contributed by atoms with Crippen molar-refractivity contribution in [3.8, 4) is 0 Å². The van der Waals surface area contributed by atoms with Gasteiger partial charge in [-0.3, -0.25) is 9.59 Å². The first-order valence-corrected chi connectivity index (χ1v) is 6.08. The molecule has 1 fully saturated rings. The molecule has 0 unspecified atom stereocenters. The number of fused-ring (bicyclic) bond motifs is 1. The molecule has 0 atom stereocenters. The fourth-order valence-electron chi connectivity index (χ4n) is 2.46. The van der Waals surface area contributed by atoms with Crippen molar-refractivity contribution in [2.24, 2.45) is 0 Å². The molecule has 2 heterocycles. The Morgan fingerprint density at radius 2 is 1.94 bits per heavy atom. The van der Waals surface area contributed by atoms with Gasteiger partial charge in [-0.15, -0.1) is 0 Å². The predicted molar refractivity (Wildman–Crippen MR) is 66.9 cm³/mol. The maximum atomic E-state index is 11.5. The monoisotopic (exact) mass is 246 g/mol. The van der Waals surface area contributed by atoms with Gasteiger partial charge in [-0.1, -0.05) is 0 Å². The molecule has 94 valence electrons. The minimum Gasteiger partial charge on any atom is -0.393 e. The van der Waals surface area contributed by atoms with Crippen LogP contribution in [0.15, 0.2) is 18.2 Å². The Bertz CT molecular complexity index is 519. The number of amides is 1. The normalized spacial score (nSPS) is 19.9. The average molecular weight is 246 g/mol. The molecule has 1 aromatic carbocycles. The van der Waals surface area contributed by atoms with Crippen molar-refractivity contribution in [2.45, 2.75) is 18.9 Å². The van der Waals surface area contributed by atoms with E-state index in [0.29, 0.717) is 11.3 Å². The Morgan fingerprint density at radius 1 is 1.22 bits per heavy atom. The maximum Gasteiger partial charge on any atom is 0.296 e. The van der Waals surface area contributed by atoms with Gasteiger partial charge >= 0.3 is 0 Å². The number of carbonyl (C=O) groups excluding carboxylic acids is 2. The lowest BCUT2D eigenvalue weighted by atomic mass is 10.1. The largest absolute Gasteiger partial charge is 0.393 e. The lowest BCUT2D eigenvalue weighted by Crippen LogP contribution is -2.35. The summed E-state index contributed by atoms with van der Waals surface area (Å²) in [7, 11) is 0. The second-order valence-corrected chi connectivity index (χ2v) is 4.73. The molecule has 5 nitrogen and oxygen atoms in total. The van der Waals surface area contributed by atoms with E-state index in [2.05, 4.69) is 10.2 Å². The molecule has 3 rings (SSSR count). The average Bonchev–Trinajstić information content (AvgIpc) is 2.65. The first-order chi connectivity index (χ1) is 8.65. The van der Waals surface area contributed by atoms with Gasteiger partial charge in [0.2, 0.25) is 0 Å². The molecule has 2 aliphatic heterocycles. The highest BCUT2D eigenvalue weighted by Gasteiger charge is 2.28. The third-order valence-corrected chi connectivity index (χ3v) is 3.53. The van der Waals surface area contributed by atoms with E-state index in [1.54, 1.807) is 6.07 Å². The highest BCUT2D eigenvalue weighted by atomic mass is 16.3. The molecule has 0 saturated carbocycles. The lowest BCUT2D eigenvalue weighted by molar-refractivity contribution is -0.112. The van der Waals surface area contributed by atoms with Crippen LogP contribution in [-0.4, -0.2) is 36.0 Å². The molecule has 0 aromatic heterocycles. The number of hydrogen-bond donors (Lipinski definition) is 2. The molecule has 0 spiro atoms. The minimum absolute atomic E-state index is 0.211. The third kappa shape index (κ3) is 1.76. The van der Waals surface area contributed by atoms with Crippen molar-refractivity contribution in [2.75, 3.05) is 23.3 Å². The lowest BCUT2D eigenvalue weighted by Gasteiger charge is -2.31. The SMILES string of the molecule is O=C1Nc2cc(N3CCC(O)CC3)ccc2C1=O. The highest BCUT2D eigenvalue weighted by molar-refractivity contribution is 6.51. The van der Waals surface area contributed by atoms with Gasteiger partial charge in [-0.25, -0.2) is 0 Å². The van der Waals surface area contributed by atoms with Crippen molar-refractivity contribution in [1.29, 1.82) is 0 Å². The van der Waals surface area contributed by atoms with Gasteiger partial charge < -0.3 is 15.3 Å². The van der Waals surface area contributed by atoms with Crippen LogP contribution in [0.4, 0.5) is 11.4 Å². The number of carbonyl (C=O) groups is 2. The van der Waals surface area contributed by atoms with E-state index in [0.717, 1.165) is 31.6 Å². The Kier molecular flexibility index (Phi) is 2.56. The molecule has 5 heteroatoms. The smallest absolute Gasteiger partial charge is 0.296 e. The summed E-state index contributed by atoms with van der Waals surface area (Å²) >= 11 is 0. The van der Waals surface area contributed by atoms with E-state index in [4.69, 9.17) is 0 Å². The Hall–Kier alpha value is -1.88. The Labute approximate surface area is 104 Å². The number of nitrogens with one attached hydrogen (secondary N) is 1. The molecule has 0 bridgehead atoms. The molecule has 0 aliphatic carbocycles. The van der Waals surface area contributed by atoms with Crippen molar-refractivity contribution < 1.29 is 14.7 Å². The molecular weight excluding hydrogens is 232 g/mol. The summed E-state index contributed by atoms with van der Waals surface area (Å²) < 4.78 is 0. The van der Waals surface area contributed by atoms with Gasteiger partial charge in [-0.2, -0.15) is 0 Å². The van der Waals surface area contributed by atoms with Crippen LogP contribution >= 0.6 is 0 Å². The number of aliphatic hydroxyl groups is 1. The molecule has 1 aromatic rings. The Balaban J connectivity index is 1.86. The zero-order chi connectivity index (χ0) is 12.7. The third-order valence-electron chi connectivity index (χ3n) is 3.53. The van der Waals surface area contributed by atoms with E-state index in [9.17, 15) is 14.7 Å². The fourth-order valence-corrected chi connectivity index (χ4v) is 2.46. The second-order valence-electron chi connectivity index (χ2n) is 4.73. The number of piperidine rings is 1. The van der Waals surface area contributed by atoms with Crippen LogP contribution in [0.3, 0.4) is 0 Å². The van der Waals surface area contributed by atoms with Crippen LogP contribution in [-0.2, 0) is 4.79 Å². The number of anilines is 2. The highest BCUT2D eigenvalue weighted by Crippen LogP contribution is 2.29. The number of aliphatic hydroxyl groups excluding tert-OH is 1. The van der Waals surface area contributed by atoms with Crippen molar-refractivity contribution in [3.63, 3.8) is 0 Å². The Morgan fingerprint density at radius 3 is 2.67 bits per heavy atom. The topological polar surface area (TPSA) is 69.6 Å². The molecule has 1 amide bonds. The molecule has 2 N–H and O–H groups in total. The van der Waals surface area contributed by atoms with Crippen molar-refractivity contribution in [1.82, 2.24) is 0 Å². The van der Waals surface area contributed by atoms with Gasteiger partial charge in [0.25, 0.3) is 11.7 Å². The maximum absolute atomic E-state index is 11.5. The molecule has 18 heavy (non-hydrogen) atoms. The summed E-state index contributed by atoms with van der Waals surface area (Å²) in [6.07, 6.45) is 1.29. The first kappa shape index (κ1) is 11.2. The number of ketones is 1. The zero-order valence-corrected chi connectivity index (χ0v) is 9.85. The van der Waals surface area contributed by atoms with Crippen molar-refractivity contribution >= 4 is 23.1 Å². The standard InChI is InChI=1S/C13H14N2O3/c16-9-3-5-15(6-4-9)8-1-2-10-11(7-8)14-13(18)12(10)17/h1-2,7,9,16H,3-6H2,(H,14,17,18). The molecular formula is C13H14N2O3. The summed E-state index contributed by atoms with van der Waals surface area (Å²) in [5, 5.41) is 12.0. The summed E-state index contributed by atoms with van der Waals surface area (Å²) in [6, 6.07) is 5.38. The van der Waals surface area contributed by atoms with E-state index < -0.39 is 11.7 Å². The van der Waals surface area contributed by atoms with Crippen LogP contribution in [0.5, 0.6) is 0 Å². The van der Waals surface area contributed by atoms with Crippen LogP contribution < -0.4 is 10.2 Å². The van der Waals surface area contributed by atoms with E-state index in [-0.39, 0.29) is 6.10 Å². The van der Waals surface area contributed by atoms with Gasteiger partial charge in [0, 0.05) is 18.8 Å².